The molecule has 0 fully saturated rings. The molecule has 6 nitrogen and oxygen atoms in total. The Kier molecular flexibility index (Phi) is 5.70. The first-order valence-electron chi connectivity index (χ1n) is 8.68. The van der Waals surface area contributed by atoms with Gasteiger partial charge >= 0.3 is 0 Å². The van der Waals surface area contributed by atoms with Gasteiger partial charge in [-0.05, 0) is 38.7 Å². The van der Waals surface area contributed by atoms with Crippen LogP contribution in [0.1, 0.15) is 54.0 Å². The topological polar surface area (TPSA) is 85.8 Å². The van der Waals surface area contributed by atoms with Gasteiger partial charge in [0.05, 0.1) is 5.25 Å². The van der Waals surface area contributed by atoms with E-state index in [4.69, 9.17) is 5.84 Å². The minimum absolute atomic E-state index is 0.0541. The largest absolute Gasteiger partial charge is 0.351 e. The lowest BCUT2D eigenvalue weighted by molar-refractivity contribution is -0.121. The van der Waals surface area contributed by atoms with Gasteiger partial charge in [0.2, 0.25) is 11.1 Å². The summed E-state index contributed by atoms with van der Waals surface area (Å²) in [6.07, 6.45) is 0. The number of carbonyl (C=O) groups is 1. The number of hydrogen-bond acceptors (Lipinski definition) is 5. The highest BCUT2D eigenvalue weighted by Crippen LogP contribution is 2.27. The molecule has 0 aliphatic rings. The van der Waals surface area contributed by atoms with Crippen molar-refractivity contribution in [2.45, 2.75) is 69.8 Å². The molecule has 142 valence electrons. The van der Waals surface area contributed by atoms with Gasteiger partial charge in [-0.1, -0.05) is 56.8 Å². The molecule has 2 rings (SSSR count). The summed E-state index contributed by atoms with van der Waals surface area (Å²) >= 11 is 1.29. The van der Waals surface area contributed by atoms with Crippen molar-refractivity contribution in [3.8, 4) is 11.4 Å². The number of aromatic nitrogens is 3. The molecule has 0 radical (unpaired) electrons. The van der Waals surface area contributed by atoms with Crippen molar-refractivity contribution in [1.29, 1.82) is 0 Å². The number of nitrogen functional groups attached to an aromatic ring is 1. The van der Waals surface area contributed by atoms with Gasteiger partial charge in [0.15, 0.2) is 5.82 Å². The Bertz CT molecular complexity index is 769. The maximum atomic E-state index is 12.3. The van der Waals surface area contributed by atoms with E-state index < -0.39 is 0 Å². The molecule has 0 saturated carbocycles. The number of benzene rings is 1. The Morgan fingerprint density at radius 1 is 1.12 bits per heavy atom. The molecular weight excluding hydrogens is 346 g/mol. The van der Waals surface area contributed by atoms with Crippen LogP contribution in [0, 0.1) is 0 Å². The first-order chi connectivity index (χ1) is 11.9. The van der Waals surface area contributed by atoms with Crippen LogP contribution in [-0.2, 0) is 10.2 Å². The van der Waals surface area contributed by atoms with Gasteiger partial charge in [0.1, 0.15) is 0 Å². The zero-order chi connectivity index (χ0) is 19.7. The molecule has 7 heteroatoms. The van der Waals surface area contributed by atoms with Gasteiger partial charge in [0.25, 0.3) is 0 Å². The highest BCUT2D eigenvalue weighted by molar-refractivity contribution is 8.00. The van der Waals surface area contributed by atoms with Crippen LogP contribution in [0.2, 0.25) is 0 Å². The molecule has 0 aliphatic heterocycles. The Morgan fingerprint density at radius 2 is 1.69 bits per heavy atom. The van der Waals surface area contributed by atoms with Crippen LogP contribution in [0.5, 0.6) is 0 Å². The molecule has 0 aliphatic carbocycles. The molecular formula is C19H29N5OS. The normalized spacial score (nSPS) is 13.5. The summed E-state index contributed by atoms with van der Waals surface area (Å²) < 4.78 is 1.44. The van der Waals surface area contributed by atoms with E-state index in [-0.39, 0.29) is 22.1 Å². The molecule has 2 aromatic rings. The number of rotatable bonds is 4. The van der Waals surface area contributed by atoms with E-state index in [1.807, 2.05) is 39.8 Å². The lowest BCUT2D eigenvalue weighted by atomic mass is 9.87. The fourth-order valence-corrected chi connectivity index (χ4v) is 3.13. The Morgan fingerprint density at radius 3 is 2.19 bits per heavy atom. The summed E-state index contributed by atoms with van der Waals surface area (Å²) in [7, 11) is 0. The smallest absolute Gasteiger partial charge is 0.233 e. The molecule has 0 unspecified atom stereocenters. The second-order valence-corrected chi connectivity index (χ2v) is 9.81. The molecule has 0 saturated heterocycles. The molecule has 3 N–H and O–H groups in total. The third-order valence-corrected chi connectivity index (χ3v) is 4.88. The minimum atomic E-state index is -0.322. The van der Waals surface area contributed by atoms with Crippen molar-refractivity contribution < 1.29 is 4.79 Å². The summed E-state index contributed by atoms with van der Waals surface area (Å²) in [5.41, 5.74) is 1.95. The van der Waals surface area contributed by atoms with Crippen LogP contribution in [0.3, 0.4) is 0 Å². The molecule has 1 aromatic heterocycles. The SMILES string of the molecule is C[C@H](Sc1nnc(-c2ccc(C(C)(C)C)cc2)n1N)C(=O)NC(C)(C)C. The molecule has 0 spiro atoms. The fourth-order valence-electron chi connectivity index (χ4n) is 2.36. The predicted molar refractivity (Wildman–Crippen MR) is 108 cm³/mol. The number of nitrogens with zero attached hydrogens (tertiary/aromatic N) is 3. The quantitative estimate of drug-likeness (QED) is 0.632. The van der Waals surface area contributed by atoms with Crippen LogP contribution in [0.15, 0.2) is 29.4 Å². The monoisotopic (exact) mass is 375 g/mol. The number of amides is 1. The molecule has 1 atom stereocenters. The molecule has 1 amide bonds. The fraction of sp³-hybridized carbons (Fsp3) is 0.526. The van der Waals surface area contributed by atoms with Crippen molar-refractivity contribution in [2.75, 3.05) is 5.84 Å². The zero-order valence-electron chi connectivity index (χ0n) is 16.6. The van der Waals surface area contributed by atoms with Gasteiger partial charge < -0.3 is 11.2 Å². The van der Waals surface area contributed by atoms with Gasteiger partial charge in [0, 0.05) is 11.1 Å². The Labute approximate surface area is 159 Å². The maximum absolute atomic E-state index is 12.3. The van der Waals surface area contributed by atoms with Crippen LogP contribution < -0.4 is 11.2 Å². The lowest BCUT2D eigenvalue weighted by Crippen LogP contribution is -2.44. The Hall–Kier alpha value is -2.02. The van der Waals surface area contributed by atoms with Crippen LogP contribution in [-0.4, -0.2) is 31.6 Å². The highest BCUT2D eigenvalue weighted by Gasteiger charge is 2.23. The molecule has 0 bridgehead atoms. The third-order valence-electron chi connectivity index (χ3n) is 3.82. The maximum Gasteiger partial charge on any atom is 0.233 e. The summed E-state index contributed by atoms with van der Waals surface area (Å²) in [6.45, 7) is 14.2. The summed E-state index contributed by atoms with van der Waals surface area (Å²) in [4.78, 5) is 12.3. The van der Waals surface area contributed by atoms with Gasteiger partial charge in [-0.2, -0.15) is 0 Å². The minimum Gasteiger partial charge on any atom is -0.351 e. The first-order valence-corrected chi connectivity index (χ1v) is 9.56. The van der Waals surface area contributed by atoms with Crippen molar-refractivity contribution in [3.05, 3.63) is 29.8 Å². The summed E-state index contributed by atoms with van der Waals surface area (Å²) in [5, 5.41) is 11.5. The van der Waals surface area contributed by atoms with E-state index in [1.165, 1.54) is 22.0 Å². The lowest BCUT2D eigenvalue weighted by Gasteiger charge is -2.22. The number of thioether (sulfide) groups is 1. The summed E-state index contributed by atoms with van der Waals surface area (Å²) in [6, 6.07) is 8.16. The predicted octanol–water partition coefficient (Wildman–Crippen LogP) is 3.35. The molecule has 1 aromatic carbocycles. The van der Waals surface area contributed by atoms with E-state index >= 15 is 0 Å². The van der Waals surface area contributed by atoms with Crippen LogP contribution in [0.4, 0.5) is 0 Å². The van der Waals surface area contributed by atoms with Crippen molar-refractivity contribution in [3.63, 3.8) is 0 Å². The van der Waals surface area contributed by atoms with Crippen molar-refractivity contribution >= 4 is 17.7 Å². The van der Waals surface area contributed by atoms with E-state index in [2.05, 4.69) is 48.4 Å². The second-order valence-electron chi connectivity index (χ2n) is 8.50. The number of nitrogens with one attached hydrogen (secondary N) is 1. The first kappa shape index (κ1) is 20.3. The van der Waals surface area contributed by atoms with E-state index in [9.17, 15) is 4.79 Å². The number of nitrogens with two attached hydrogens (primary N) is 1. The van der Waals surface area contributed by atoms with Crippen molar-refractivity contribution in [2.24, 2.45) is 0 Å². The average Bonchev–Trinajstić information content (AvgIpc) is 2.86. The summed E-state index contributed by atoms with van der Waals surface area (Å²) in [5.74, 6) is 6.70. The third kappa shape index (κ3) is 5.00. The molecule has 26 heavy (non-hydrogen) atoms. The van der Waals surface area contributed by atoms with Gasteiger partial charge in [-0.3, -0.25) is 4.79 Å². The molecule has 1 heterocycles. The van der Waals surface area contributed by atoms with E-state index in [1.54, 1.807) is 0 Å². The standard InChI is InChI=1S/C19H29N5OS/c1-12(16(25)21-19(5,6)7)26-17-23-22-15(24(17)20)13-8-10-14(11-9-13)18(2,3)4/h8-12H,20H2,1-7H3,(H,21,25)/t12-/m0/s1. The van der Waals surface area contributed by atoms with Crippen LogP contribution >= 0.6 is 11.8 Å². The van der Waals surface area contributed by atoms with Crippen LogP contribution in [0.25, 0.3) is 11.4 Å². The number of carbonyl (C=O) groups excluding carboxylic acids is 1. The highest BCUT2D eigenvalue weighted by atomic mass is 32.2. The van der Waals surface area contributed by atoms with E-state index in [0.717, 1.165) is 5.56 Å². The zero-order valence-corrected chi connectivity index (χ0v) is 17.4. The van der Waals surface area contributed by atoms with E-state index in [0.29, 0.717) is 11.0 Å². The average molecular weight is 376 g/mol. The van der Waals surface area contributed by atoms with Gasteiger partial charge in [-0.25, -0.2) is 4.68 Å². The van der Waals surface area contributed by atoms with Gasteiger partial charge in [-0.15, -0.1) is 10.2 Å². The second kappa shape index (κ2) is 7.31. The van der Waals surface area contributed by atoms with Crippen molar-refractivity contribution in [1.82, 2.24) is 20.2 Å². The Balaban J connectivity index is 2.16. The number of hydrogen-bond donors (Lipinski definition) is 2.